The summed E-state index contributed by atoms with van der Waals surface area (Å²) in [5.74, 6) is 1.27. The van der Waals surface area contributed by atoms with Gasteiger partial charge in [-0.2, -0.15) is 0 Å². The highest BCUT2D eigenvalue weighted by Gasteiger charge is 2.32. The summed E-state index contributed by atoms with van der Waals surface area (Å²) in [6.45, 7) is 22.6. The Balaban J connectivity index is 1.02. The normalized spacial score (nSPS) is 19.3. The van der Waals surface area contributed by atoms with Crippen molar-refractivity contribution >= 4 is 25.0 Å². The minimum atomic E-state index is 0.338. The van der Waals surface area contributed by atoms with Crippen molar-refractivity contribution in [1.82, 2.24) is 4.81 Å². The van der Waals surface area contributed by atoms with Gasteiger partial charge in [0.15, 0.2) is 0 Å². The average Bonchev–Trinajstić information content (AvgIpc) is 3.74. The van der Waals surface area contributed by atoms with Crippen LogP contribution in [0.15, 0.2) is 179 Å². The topological polar surface area (TPSA) is 15.6 Å². The Bertz CT molecular complexity index is 3000. The first-order chi connectivity index (χ1) is 32.3. The Morgan fingerprint density at radius 1 is 0.642 bits per heavy atom. The van der Waals surface area contributed by atoms with Crippen molar-refractivity contribution in [3.05, 3.63) is 224 Å². The number of nitrogens with zero attached hydrogens (tertiary/aromatic N) is 2. The van der Waals surface area contributed by atoms with Crippen molar-refractivity contribution in [3.8, 4) is 33.4 Å². The van der Waals surface area contributed by atoms with E-state index in [0.29, 0.717) is 17.8 Å². The summed E-state index contributed by atoms with van der Waals surface area (Å²) in [6.07, 6.45) is 11.1. The molecule has 3 atom stereocenters. The molecule has 9 rings (SSSR count). The maximum atomic E-state index is 5.69. The highest BCUT2D eigenvalue weighted by atomic mass is 15.1. The molecular formula is C64H67BN2. The van der Waals surface area contributed by atoms with Crippen LogP contribution in [0.4, 0.5) is 0 Å². The Kier molecular flexibility index (Phi) is 13.0. The third-order valence-corrected chi connectivity index (χ3v) is 15.0. The Morgan fingerprint density at radius 2 is 1.16 bits per heavy atom. The van der Waals surface area contributed by atoms with Gasteiger partial charge in [0.05, 0.1) is 11.4 Å². The fraction of sp³-hybridized carbons (Fsp3) is 0.266. The quantitative estimate of drug-likeness (QED) is 0.125. The molecule has 0 bridgehead atoms. The maximum Gasteiger partial charge on any atom is 0.223 e. The summed E-state index contributed by atoms with van der Waals surface area (Å²) in [7, 11) is 2.28. The van der Waals surface area contributed by atoms with Gasteiger partial charge in [-0.05, 0) is 164 Å². The van der Waals surface area contributed by atoms with Crippen LogP contribution < -0.4 is 0 Å². The molecule has 336 valence electrons. The molecular weight excluding hydrogens is 808 g/mol. The smallest absolute Gasteiger partial charge is 0.223 e. The summed E-state index contributed by atoms with van der Waals surface area (Å²) in [4.78, 5) is 8.17. The number of hydrogen-bond acceptors (Lipinski definition) is 2. The Morgan fingerprint density at radius 3 is 1.70 bits per heavy atom. The van der Waals surface area contributed by atoms with Crippen LogP contribution in [0, 0.1) is 46.5 Å². The molecule has 3 unspecified atom stereocenters. The van der Waals surface area contributed by atoms with Crippen molar-refractivity contribution in [2.75, 3.05) is 0 Å². The lowest BCUT2D eigenvalue weighted by molar-refractivity contribution is 0.601. The van der Waals surface area contributed by atoms with Gasteiger partial charge < -0.3 is 4.81 Å². The van der Waals surface area contributed by atoms with E-state index in [1.54, 1.807) is 0 Å². The fourth-order valence-electron chi connectivity index (χ4n) is 11.8. The van der Waals surface area contributed by atoms with Gasteiger partial charge in [0.25, 0.3) is 0 Å². The van der Waals surface area contributed by atoms with E-state index in [-0.39, 0.29) is 0 Å². The fourth-order valence-corrected chi connectivity index (χ4v) is 11.8. The van der Waals surface area contributed by atoms with Gasteiger partial charge in [-0.3, -0.25) is 4.99 Å². The van der Waals surface area contributed by atoms with Gasteiger partial charge in [-0.25, -0.2) is 0 Å². The van der Waals surface area contributed by atoms with Crippen LogP contribution in [0.5, 0.6) is 0 Å². The predicted molar refractivity (Wildman–Crippen MR) is 291 cm³/mol. The Hall–Kier alpha value is -6.45. The van der Waals surface area contributed by atoms with Gasteiger partial charge in [0, 0.05) is 28.8 Å². The third kappa shape index (κ3) is 8.94. The first-order valence-electron chi connectivity index (χ1n) is 24.7. The van der Waals surface area contributed by atoms with Crippen molar-refractivity contribution in [2.45, 2.75) is 101 Å². The molecule has 0 N–H and O–H groups in total. The lowest BCUT2D eigenvalue weighted by atomic mass is 9.77. The molecule has 0 fully saturated rings. The highest BCUT2D eigenvalue weighted by Crippen LogP contribution is 2.46. The second kappa shape index (κ2) is 19.0. The zero-order valence-electron chi connectivity index (χ0n) is 41.8. The number of benzene rings is 6. The van der Waals surface area contributed by atoms with Crippen molar-refractivity contribution < 1.29 is 0 Å². The van der Waals surface area contributed by atoms with Crippen LogP contribution in [0.3, 0.4) is 0 Å². The molecule has 3 heteroatoms. The summed E-state index contributed by atoms with van der Waals surface area (Å²) >= 11 is 0. The lowest BCUT2D eigenvalue weighted by Gasteiger charge is -2.35. The maximum absolute atomic E-state index is 5.69. The molecule has 0 aromatic heterocycles. The molecule has 2 heterocycles. The summed E-state index contributed by atoms with van der Waals surface area (Å²) < 4.78 is 0. The number of rotatable bonds is 10. The third-order valence-electron chi connectivity index (χ3n) is 15.0. The van der Waals surface area contributed by atoms with Crippen molar-refractivity contribution in [3.63, 3.8) is 0 Å². The van der Waals surface area contributed by atoms with Crippen molar-refractivity contribution in [2.24, 2.45) is 16.8 Å². The molecule has 0 saturated carbocycles. The molecule has 0 saturated heterocycles. The minimum Gasteiger partial charge on any atom is -0.393 e. The van der Waals surface area contributed by atoms with E-state index >= 15 is 0 Å². The molecule has 0 radical (unpaired) electrons. The zero-order chi connectivity index (χ0) is 47.1. The minimum absolute atomic E-state index is 0.338. The average molecular weight is 875 g/mol. The number of hydrogen-bond donors (Lipinski definition) is 0. The van der Waals surface area contributed by atoms with Gasteiger partial charge >= 0.3 is 0 Å². The van der Waals surface area contributed by atoms with Crippen LogP contribution in [-0.4, -0.2) is 18.5 Å². The lowest BCUT2D eigenvalue weighted by Crippen LogP contribution is -2.24. The first kappa shape index (κ1) is 45.7. The molecule has 0 amide bonds. The molecule has 6 aromatic rings. The number of aryl methyl sites for hydroxylation is 5. The van der Waals surface area contributed by atoms with E-state index in [9.17, 15) is 0 Å². The van der Waals surface area contributed by atoms with E-state index in [0.717, 1.165) is 25.7 Å². The van der Waals surface area contributed by atoms with Gasteiger partial charge in [-0.15, -0.1) is 0 Å². The van der Waals surface area contributed by atoms with Crippen molar-refractivity contribution in [1.29, 1.82) is 0 Å². The number of allylic oxidation sites excluding steroid dienone is 8. The van der Waals surface area contributed by atoms with E-state index < -0.39 is 0 Å². The first-order valence-corrected chi connectivity index (χ1v) is 24.7. The molecule has 2 aliphatic heterocycles. The SMILES string of the molecule is BN1C(/C(=C2/CC(CC)C(c3ccc(-c4ccc(-c5c(C)cc(C)cc5C)cc4)cc3)=N2)c2c(C)cccc2C)=CCC(CC)=C1c1ccc(-c2ccc(C3C(C)=CC(C)=CC3C)cc2)cc1. The van der Waals surface area contributed by atoms with Crippen LogP contribution in [-0.2, 0) is 0 Å². The second-order valence-corrected chi connectivity index (χ2v) is 19.8. The zero-order valence-corrected chi connectivity index (χ0v) is 41.8. The second-order valence-electron chi connectivity index (χ2n) is 19.8. The highest BCUT2D eigenvalue weighted by molar-refractivity contribution is 6.14. The van der Waals surface area contributed by atoms with E-state index in [2.05, 4.69) is 228 Å². The summed E-state index contributed by atoms with van der Waals surface area (Å²) in [6, 6.07) is 48.2. The van der Waals surface area contributed by atoms with E-state index in [4.69, 9.17) is 4.99 Å². The van der Waals surface area contributed by atoms with Crippen LogP contribution >= 0.6 is 0 Å². The van der Waals surface area contributed by atoms with Gasteiger partial charge in [-0.1, -0.05) is 183 Å². The molecule has 2 nitrogen and oxygen atoms in total. The largest absolute Gasteiger partial charge is 0.393 e. The Labute approximate surface area is 402 Å². The molecule has 0 spiro atoms. The molecule has 6 aromatic carbocycles. The van der Waals surface area contributed by atoms with Gasteiger partial charge in [0.1, 0.15) is 0 Å². The summed E-state index contributed by atoms with van der Waals surface area (Å²) in [5.41, 5.74) is 29.8. The molecule has 3 aliphatic rings. The summed E-state index contributed by atoms with van der Waals surface area (Å²) in [5, 5.41) is 0. The standard InChI is InChI=1S/C64H67BN2/c1-11-47-32-33-58(67(65)64(47)56-30-22-52(23-31-56)50-18-26-54(27-19-50)60-45(9)36-40(4)37-46(60)10)62(61-41(5)14-13-15-42(61)6)57-38-48(12-2)63(66-57)55-28-20-51(21-29-55)49-16-24-53(25-17-49)59-43(7)34-39(3)35-44(59)8/h13-31,33-37,45,48,60H,11-12,32,38,65H2,1-10H3/b62-57+. The number of aliphatic imine (C=N–C) groups is 1. The van der Waals surface area contributed by atoms with Crippen LogP contribution in [0.2, 0.25) is 0 Å². The predicted octanol–water partition coefficient (Wildman–Crippen LogP) is 16.4. The van der Waals surface area contributed by atoms with E-state index in [1.165, 1.54) is 129 Å². The van der Waals surface area contributed by atoms with Crippen LogP contribution in [0.1, 0.15) is 116 Å². The molecule has 1 aliphatic carbocycles. The molecule has 67 heavy (non-hydrogen) atoms. The van der Waals surface area contributed by atoms with E-state index in [1.807, 2.05) is 0 Å². The van der Waals surface area contributed by atoms with Crippen LogP contribution in [0.25, 0.3) is 44.7 Å². The van der Waals surface area contributed by atoms with Gasteiger partial charge in [0.2, 0.25) is 7.98 Å². The monoisotopic (exact) mass is 875 g/mol.